The van der Waals surface area contributed by atoms with Gasteiger partial charge in [-0.2, -0.15) is 4.37 Å². The number of hydrogen-bond acceptors (Lipinski definition) is 4. The first-order valence-corrected chi connectivity index (χ1v) is 3.45. The molecule has 1 rings (SSSR count). The van der Waals surface area contributed by atoms with Gasteiger partial charge < -0.3 is 4.90 Å². The Bertz CT molecular complexity index is 194. The van der Waals surface area contributed by atoms with Gasteiger partial charge in [0, 0.05) is 14.1 Å². The Kier molecular flexibility index (Phi) is 1.66. The largest absolute Gasteiger partial charge is 0.346 e. The minimum Gasteiger partial charge on any atom is -0.346 e. The molecule has 0 atom stereocenters. The van der Waals surface area contributed by atoms with Gasteiger partial charge in [0.1, 0.15) is 5.01 Å². The topological polar surface area (TPSA) is 29.0 Å². The highest BCUT2D eigenvalue weighted by Crippen LogP contribution is 2.08. The second kappa shape index (κ2) is 2.31. The maximum atomic E-state index is 4.14. The van der Waals surface area contributed by atoms with E-state index in [1.165, 1.54) is 11.5 Å². The summed E-state index contributed by atoms with van der Waals surface area (Å²) in [4.78, 5) is 6.04. The number of anilines is 1. The molecule has 0 aromatic carbocycles. The average molecular weight is 143 g/mol. The van der Waals surface area contributed by atoms with Crippen molar-refractivity contribution in [3.63, 3.8) is 0 Å². The lowest BCUT2D eigenvalue weighted by molar-refractivity contribution is 1.04. The van der Waals surface area contributed by atoms with Crippen LogP contribution in [0.2, 0.25) is 0 Å². The van der Waals surface area contributed by atoms with Gasteiger partial charge in [0.15, 0.2) is 0 Å². The number of hydrogen-bond donors (Lipinski definition) is 0. The van der Waals surface area contributed by atoms with Crippen LogP contribution in [-0.2, 0) is 0 Å². The van der Waals surface area contributed by atoms with Gasteiger partial charge >= 0.3 is 0 Å². The summed E-state index contributed by atoms with van der Waals surface area (Å²) in [6.45, 7) is 1.95. The first-order chi connectivity index (χ1) is 4.20. The quantitative estimate of drug-likeness (QED) is 0.585. The van der Waals surface area contributed by atoms with E-state index in [0.717, 1.165) is 11.0 Å². The molecule has 50 valence electrons. The highest BCUT2D eigenvalue weighted by molar-refractivity contribution is 7.05. The standard InChI is InChI=1S/C5H9N3S/c1-4-6-5(7-9-4)8(2)3/h1-3H3. The third-order valence-electron chi connectivity index (χ3n) is 0.917. The molecule has 0 saturated carbocycles. The van der Waals surface area contributed by atoms with Crippen LogP contribution in [0.1, 0.15) is 5.01 Å². The highest BCUT2D eigenvalue weighted by Gasteiger charge is 1.99. The van der Waals surface area contributed by atoms with E-state index in [-0.39, 0.29) is 0 Å². The lowest BCUT2D eigenvalue weighted by atomic mass is 10.8. The van der Waals surface area contributed by atoms with Crippen molar-refractivity contribution in [3.8, 4) is 0 Å². The molecule has 4 heteroatoms. The molecule has 1 heterocycles. The summed E-state index contributed by atoms with van der Waals surface area (Å²) in [7, 11) is 3.86. The van der Waals surface area contributed by atoms with Crippen molar-refractivity contribution in [3.05, 3.63) is 5.01 Å². The molecule has 0 saturated heterocycles. The van der Waals surface area contributed by atoms with E-state index in [0.29, 0.717) is 0 Å². The van der Waals surface area contributed by atoms with E-state index in [2.05, 4.69) is 9.36 Å². The molecule has 0 aliphatic rings. The predicted octanol–water partition coefficient (Wildman–Crippen LogP) is 0.913. The minimum absolute atomic E-state index is 0.803. The lowest BCUT2D eigenvalue weighted by Gasteiger charge is -2.03. The molecule has 0 N–H and O–H groups in total. The van der Waals surface area contributed by atoms with Gasteiger partial charge in [-0.1, -0.05) is 0 Å². The molecule has 0 unspecified atom stereocenters. The number of nitrogens with zero attached hydrogens (tertiary/aromatic N) is 3. The Morgan fingerprint density at radius 3 is 2.33 bits per heavy atom. The predicted molar refractivity (Wildman–Crippen MR) is 39.0 cm³/mol. The fraction of sp³-hybridized carbons (Fsp3) is 0.600. The van der Waals surface area contributed by atoms with Gasteiger partial charge in [-0.05, 0) is 18.5 Å². The van der Waals surface area contributed by atoms with Gasteiger partial charge in [0.25, 0.3) is 0 Å². The van der Waals surface area contributed by atoms with Crippen LogP contribution in [0.3, 0.4) is 0 Å². The molecule has 0 amide bonds. The molecule has 0 aliphatic heterocycles. The van der Waals surface area contributed by atoms with Crippen molar-refractivity contribution in [1.29, 1.82) is 0 Å². The highest BCUT2D eigenvalue weighted by atomic mass is 32.1. The van der Waals surface area contributed by atoms with Crippen molar-refractivity contribution >= 4 is 17.5 Å². The van der Waals surface area contributed by atoms with Crippen LogP contribution in [0.4, 0.5) is 5.95 Å². The van der Waals surface area contributed by atoms with Crippen molar-refractivity contribution in [1.82, 2.24) is 9.36 Å². The van der Waals surface area contributed by atoms with E-state index < -0.39 is 0 Å². The van der Waals surface area contributed by atoms with Crippen LogP contribution in [-0.4, -0.2) is 23.5 Å². The Balaban J connectivity index is 2.85. The van der Waals surface area contributed by atoms with E-state index in [4.69, 9.17) is 0 Å². The van der Waals surface area contributed by atoms with Gasteiger partial charge in [-0.15, -0.1) is 0 Å². The normalized spacial score (nSPS) is 9.67. The Hall–Kier alpha value is -0.640. The number of aryl methyl sites for hydroxylation is 1. The van der Waals surface area contributed by atoms with Crippen molar-refractivity contribution in [2.75, 3.05) is 19.0 Å². The average Bonchev–Trinajstić information content (AvgIpc) is 2.14. The number of aromatic nitrogens is 2. The molecular formula is C5H9N3S. The summed E-state index contributed by atoms with van der Waals surface area (Å²) in [6, 6.07) is 0. The zero-order valence-corrected chi connectivity index (χ0v) is 6.57. The maximum absolute atomic E-state index is 4.14. The van der Waals surface area contributed by atoms with Crippen LogP contribution in [0, 0.1) is 6.92 Å². The fourth-order valence-corrected chi connectivity index (χ4v) is 1.01. The zero-order chi connectivity index (χ0) is 6.85. The minimum atomic E-state index is 0.803. The van der Waals surface area contributed by atoms with Crippen LogP contribution >= 0.6 is 11.5 Å². The summed E-state index contributed by atoms with van der Waals surface area (Å²) in [6.07, 6.45) is 0. The van der Waals surface area contributed by atoms with E-state index in [1.807, 2.05) is 25.9 Å². The summed E-state index contributed by atoms with van der Waals surface area (Å²) in [5.74, 6) is 0.803. The molecule has 0 bridgehead atoms. The first kappa shape index (κ1) is 6.48. The lowest BCUT2D eigenvalue weighted by Crippen LogP contribution is -2.09. The monoisotopic (exact) mass is 143 g/mol. The Morgan fingerprint density at radius 1 is 1.44 bits per heavy atom. The van der Waals surface area contributed by atoms with E-state index in [1.54, 1.807) is 0 Å². The molecule has 1 aromatic heterocycles. The molecule has 9 heavy (non-hydrogen) atoms. The van der Waals surface area contributed by atoms with Crippen molar-refractivity contribution < 1.29 is 0 Å². The second-order valence-corrected chi connectivity index (χ2v) is 2.96. The summed E-state index contributed by atoms with van der Waals surface area (Å²) in [5, 5.41) is 1.01. The van der Waals surface area contributed by atoms with Gasteiger partial charge in [-0.3, -0.25) is 0 Å². The van der Waals surface area contributed by atoms with E-state index in [9.17, 15) is 0 Å². The van der Waals surface area contributed by atoms with Gasteiger partial charge in [0.2, 0.25) is 5.95 Å². The summed E-state index contributed by atoms with van der Waals surface area (Å²) in [5.41, 5.74) is 0. The zero-order valence-electron chi connectivity index (χ0n) is 5.75. The number of rotatable bonds is 1. The molecule has 3 nitrogen and oxygen atoms in total. The second-order valence-electron chi connectivity index (χ2n) is 2.01. The van der Waals surface area contributed by atoms with Crippen molar-refractivity contribution in [2.24, 2.45) is 0 Å². The maximum Gasteiger partial charge on any atom is 0.236 e. The Morgan fingerprint density at radius 2 is 2.11 bits per heavy atom. The molecule has 0 aliphatic carbocycles. The van der Waals surface area contributed by atoms with Crippen LogP contribution in [0.25, 0.3) is 0 Å². The summed E-state index contributed by atoms with van der Waals surface area (Å²) >= 11 is 1.43. The molecule has 0 radical (unpaired) electrons. The van der Waals surface area contributed by atoms with Crippen LogP contribution < -0.4 is 4.90 Å². The van der Waals surface area contributed by atoms with Crippen molar-refractivity contribution in [2.45, 2.75) is 6.92 Å². The molecule has 1 aromatic rings. The van der Waals surface area contributed by atoms with Crippen LogP contribution in [0.15, 0.2) is 0 Å². The molecule has 0 fully saturated rings. The molecular weight excluding hydrogens is 134 g/mol. The van der Waals surface area contributed by atoms with Crippen LogP contribution in [0.5, 0.6) is 0 Å². The smallest absolute Gasteiger partial charge is 0.236 e. The first-order valence-electron chi connectivity index (χ1n) is 2.68. The third-order valence-corrected chi connectivity index (χ3v) is 1.53. The van der Waals surface area contributed by atoms with Gasteiger partial charge in [0.05, 0.1) is 0 Å². The van der Waals surface area contributed by atoms with E-state index >= 15 is 0 Å². The fourth-order valence-electron chi connectivity index (χ4n) is 0.470. The third kappa shape index (κ3) is 1.38. The summed E-state index contributed by atoms with van der Waals surface area (Å²) < 4.78 is 4.07. The Labute approximate surface area is 58.5 Å². The van der Waals surface area contributed by atoms with Gasteiger partial charge in [-0.25, -0.2) is 4.98 Å². The SMILES string of the molecule is Cc1nc(N(C)C)ns1. The molecule has 0 spiro atoms.